The molecule has 0 saturated heterocycles. The first kappa shape index (κ1) is 15.3. The Kier molecular flexibility index (Phi) is 5.02. The van der Waals surface area contributed by atoms with E-state index in [-0.39, 0.29) is 6.04 Å². The smallest absolute Gasteiger partial charge is 0.242 e. The van der Waals surface area contributed by atoms with Crippen LogP contribution in [0.15, 0.2) is 18.2 Å². The van der Waals surface area contributed by atoms with Crippen molar-refractivity contribution >= 4 is 29.1 Å². The van der Waals surface area contributed by atoms with Crippen molar-refractivity contribution in [2.24, 2.45) is 5.73 Å². The van der Waals surface area contributed by atoms with Crippen molar-refractivity contribution in [3.8, 4) is 0 Å². The molecular weight excluding hydrogens is 271 g/mol. The molecule has 0 aliphatic carbocycles. The molecule has 0 aromatic heterocycles. The maximum Gasteiger partial charge on any atom is 0.242 e. The van der Waals surface area contributed by atoms with Crippen LogP contribution in [-0.4, -0.2) is 11.9 Å². The lowest BCUT2D eigenvalue weighted by molar-refractivity contribution is -0.124. The molecule has 0 saturated carbocycles. The van der Waals surface area contributed by atoms with E-state index >= 15 is 0 Å². The number of carbonyl (C=O) groups is 1. The zero-order valence-corrected chi connectivity index (χ0v) is 12.3. The molecule has 1 rings (SSSR count). The lowest BCUT2D eigenvalue weighted by atomic mass is 9.90. The number of primary amides is 1. The lowest BCUT2D eigenvalue weighted by Crippen LogP contribution is -2.53. The van der Waals surface area contributed by atoms with Gasteiger partial charge < -0.3 is 5.73 Å². The molecule has 0 spiro atoms. The van der Waals surface area contributed by atoms with Gasteiger partial charge in [0.15, 0.2) is 0 Å². The summed E-state index contributed by atoms with van der Waals surface area (Å²) in [4.78, 5) is 11.8. The Morgan fingerprint density at radius 1 is 1.50 bits per heavy atom. The summed E-state index contributed by atoms with van der Waals surface area (Å²) in [6.45, 7) is 5.75. The monoisotopic (exact) mass is 288 g/mol. The lowest BCUT2D eigenvalue weighted by Gasteiger charge is -2.32. The Bertz CT molecular complexity index is 451. The Hall–Kier alpha value is -0.770. The zero-order chi connectivity index (χ0) is 13.9. The molecule has 0 heterocycles. The van der Waals surface area contributed by atoms with Crippen molar-refractivity contribution in [3.63, 3.8) is 0 Å². The molecule has 3 N–H and O–H groups in total. The number of nitrogens with one attached hydrogen (secondary N) is 1. The summed E-state index contributed by atoms with van der Waals surface area (Å²) in [6.07, 6.45) is 0.883. The highest BCUT2D eigenvalue weighted by Gasteiger charge is 2.35. The third kappa shape index (κ3) is 3.16. The second kappa shape index (κ2) is 5.91. The number of halogens is 2. The maximum absolute atomic E-state index is 11.8. The van der Waals surface area contributed by atoms with E-state index < -0.39 is 11.4 Å². The van der Waals surface area contributed by atoms with Gasteiger partial charge in [0, 0.05) is 21.7 Å². The summed E-state index contributed by atoms with van der Waals surface area (Å²) in [7, 11) is 0. The fourth-order valence-electron chi connectivity index (χ4n) is 1.77. The zero-order valence-electron chi connectivity index (χ0n) is 10.8. The second-order valence-electron chi connectivity index (χ2n) is 4.57. The molecule has 0 aliphatic rings. The molecule has 0 fully saturated rings. The number of carbonyl (C=O) groups excluding carboxylic acids is 1. The van der Waals surface area contributed by atoms with E-state index in [0.717, 1.165) is 6.42 Å². The van der Waals surface area contributed by atoms with Gasteiger partial charge in [0.2, 0.25) is 5.91 Å². The van der Waals surface area contributed by atoms with Crippen LogP contribution in [0.5, 0.6) is 0 Å². The van der Waals surface area contributed by atoms with Crippen molar-refractivity contribution < 1.29 is 4.79 Å². The minimum absolute atomic E-state index is 0.147. The molecule has 5 heteroatoms. The van der Waals surface area contributed by atoms with Gasteiger partial charge in [0.25, 0.3) is 0 Å². The number of hydrogen-bond donors (Lipinski definition) is 2. The molecule has 0 aliphatic heterocycles. The summed E-state index contributed by atoms with van der Waals surface area (Å²) >= 11 is 12.0. The second-order valence-corrected chi connectivity index (χ2v) is 5.41. The summed E-state index contributed by atoms with van der Waals surface area (Å²) in [6, 6.07) is 5.18. The van der Waals surface area contributed by atoms with Crippen molar-refractivity contribution in [1.82, 2.24) is 5.32 Å². The van der Waals surface area contributed by atoms with Crippen LogP contribution < -0.4 is 11.1 Å². The Morgan fingerprint density at radius 3 is 2.56 bits per heavy atom. The van der Waals surface area contributed by atoms with Gasteiger partial charge in [-0.2, -0.15) is 0 Å². The number of benzene rings is 1. The summed E-state index contributed by atoms with van der Waals surface area (Å²) in [5.74, 6) is -0.466. The van der Waals surface area contributed by atoms with Crippen molar-refractivity contribution in [2.45, 2.75) is 38.8 Å². The molecule has 1 amide bonds. The highest BCUT2D eigenvalue weighted by molar-refractivity contribution is 6.35. The summed E-state index contributed by atoms with van der Waals surface area (Å²) < 4.78 is 0. The Balaban J connectivity index is 3.22. The van der Waals surface area contributed by atoms with E-state index in [9.17, 15) is 4.79 Å². The first-order chi connectivity index (χ1) is 8.31. The van der Waals surface area contributed by atoms with E-state index in [1.54, 1.807) is 25.1 Å². The van der Waals surface area contributed by atoms with E-state index in [4.69, 9.17) is 28.9 Å². The third-order valence-electron chi connectivity index (χ3n) is 3.11. The van der Waals surface area contributed by atoms with Crippen molar-refractivity contribution in [1.29, 1.82) is 0 Å². The van der Waals surface area contributed by atoms with Crippen molar-refractivity contribution in [2.75, 3.05) is 0 Å². The van der Waals surface area contributed by atoms with Gasteiger partial charge in [-0.3, -0.25) is 10.1 Å². The van der Waals surface area contributed by atoms with Gasteiger partial charge >= 0.3 is 0 Å². The van der Waals surface area contributed by atoms with Gasteiger partial charge in [-0.15, -0.1) is 0 Å². The standard InChI is InChI=1S/C13H18Cl2N2O/c1-4-8(2)17-13(3,12(16)18)10-6-5-9(14)7-11(10)15/h5-8,17H,4H2,1-3H3,(H2,16,18). The molecule has 100 valence electrons. The summed E-state index contributed by atoms with van der Waals surface area (Å²) in [5.41, 5.74) is 5.16. The van der Waals surface area contributed by atoms with Gasteiger partial charge in [0.1, 0.15) is 5.54 Å². The molecule has 1 aromatic carbocycles. The van der Waals surface area contributed by atoms with Crippen LogP contribution in [0, 0.1) is 0 Å². The minimum atomic E-state index is -1.00. The van der Waals surface area contributed by atoms with Crippen LogP contribution >= 0.6 is 23.2 Å². The SMILES string of the molecule is CCC(C)NC(C)(C(N)=O)c1ccc(Cl)cc1Cl. The quantitative estimate of drug-likeness (QED) is 0.875. The maximum atomic E-state index is 11.8. The molecule has 1 aromatic rings. The Labute approximate surface area is 118 Å². The van der Waals surface area contributed by atoms with E-state index in [1.807, 2.05) is 13.8 Å². The molecule has 2 unspecified atom stereocenters. The van der Waals surface area contributed by atoms with Gasteiger partial charge in [-0.25, -0.2) is 0 Å². The predicted octanol–water partition coefficient (Wildman–Crippen LogP) is 3.08. The highest BCUT2D eigenvalue weighted by Crippen LogP contribution is 2.30. The van der Waals surface area contributed by atoms with Crippen molar-refractivity contribution in [3.05, 3.63) is 33.8 Å². The predicted molar refractivity (Wildman–Crippen MR) is 75.9 cm³/mol. The number of hydrogen-bond acceptors (Lipinski definition) is 2. The minimum Gasteiger partial charge on any atom is -0.368 e. The average molecular weight is 289 g/mol. The van der Waals surface area contributed by atoms with E-state index in [2.05, 4.69) is 5.32 Å². The van der Waals surface area contributed by atoms with Crippen LogP contribution in [0.25, 0.3) is 0 Å². The molecule has 3 nitrogen and oxygen atoms in total. The molecular formula is C13H18Cl2N2O. The third-order valence-corrected chi connectivity index (χ3v) is 3.66. The van der Waals surface area contributed by atoms with Crippen LogP contribution in [0.1, 0.15) is 32.8 Å². The van der Waals surface area contributed by atoms with Gasteiger partial charge in [-0.05, 0) is 32.4 Å². The largest absolute Gasteiger partial charge is 0.368 e. The number of rotatable bonds is 5. The summed E-state index contributed by atoms with van der Waals surface area (Å²) in [5, 5.41) is 4.17. The molecule has 0 bridgehead atoms. The average Bonchev–Trinajstić information content (AvgIpc) is 2.28. The topological polar surface area (TPSA) is 55.1 Å². The fraction of sp³-hybridized carbons (Fsp3) is 0.462. The number of amides is 1. The van der Waals surface area contributed by atoms with Gasteiger partial charge in [0.05, 0.1) is 0 Å². The number of nitrogens with two attached hydrogens (primary N) is 1. The highest BCUT2D eigenvalue weighted by atomic mass is 35.5. The Morgan fingerprint density at radius 2 is 2.11 bits per heavy atom. The molecule has 18 heavy (non-hydrogen) atoms. The van der Waals surface area contributed by atoms with Crippen LogP contribution in [0.4, 0.5) is 0 Å². The fourth-order valence-corrected chi connectivity index (χ4v) is 2.37. The van der Waals surface area contributed by atoms with E-state index in [0.29, 0.717) is 15.6 Å². The first-order valence-electron chi connectivity index (χ1n) is 5.84. The normalized spacial score (nSPS) is 16.1. The van der Waals surface area contributed by atoms with E-state index in [1.165, 1.54) is 0 Å². The molecule has 0 radical (unpaired) electrons. The van der Waals surface area contributed by atoms with Crippen LogP contribution in [0.2, 0.25) is 10.0 Å². The molecule has 2 atom stereocenters. The van der Waals surface area contributed by atoms with Crippen LogP contribution in [-0.2, 0) is 10.3 Å². The van der Waals surface area contributed by atoms with Crippen LogP contribution in [0.3, 0.4) is 0 Å². The first-order valence-corrected chi connectivity index (χ1v) is 6.60. The van der Waals surface area contributed by atoms with Gasteiger partial charge in [-0.1, -0.05) is 36.2 Å².